The van der Waals surface area contributed by atoms with Gasteiger partial charge in [0.1, 0.15) is 12.4 Å². The van der Waals surface area contributed by atoms with Gasteiger partial charge in [0.15, 0.2) is 0 Å². The smallest absolute Gasteiger partial charge is 0.251 e. The Labute approximate surface area is 164 Å². The van der Waals surface area contributed by atoms with Crippen LogP contribution in [0.1, 0.15) is 29.9 Å². The van der Waals surface area contributed by atoms with Gasteiger partial charge in [-0.25, -0.2) is 9.67 Å². The van der Waals surface area contributed by atoms with Gasteiger partial charge in [0.05, 0.1) is 22.4 Å². The van der Waals surface area contributed by atoms with E-state index in [1.807, 2.05) is 38.1 Å². The second kappa shape index (κ2) is 7.59. The normalized spacial score (nSPS) is 12.2. The van der Waals surface area contributed by atoms with Crippen LogP contribution in [0, 0.1) is 13.8 Å². The lowest BCUT2D eigenvalue weighted by molar-refractivity contribution is -0.119. The van der Waals surface area contributed by atoms with E-state index in [1.54, 1.807) is 22.6 Å². The van der Waals surface area contributed by atoms with Crippen molar-refractivity contribution in [2.75, 3.05) is 5.32 Å². The molecule has 3 aromatic rings. The molecule has 1 N–H and O–H groups in total. The number of anilines is 1. The predicted octanol–water partition coefficient (Wildman–Crippen LogP) is 3.76. The van der Waals surface area contributed by atoms with Crippen LogP contribution in [0.25, 0.3) is 0 Å². The summed E-state index contributed by atoms with van der Waals surface area (Å²) in [5.41, 5.74) is 2.66. The first-order valence-corrected chi connectivity index (χ1v) is 9.19. The molecule has 2 heterocycles. The Balaban J connectivity index is 1.69. The Bertz CT molecular complexity index is 951. The number of aryl methyl sites for hydroxylation is 1. The minimum Gasteiger partial charge on any atom is -0.291 e. The van der Waals surface area contributed by atoms with Crippen LogP contribution in [-0.2, 0) is 11.3 Å². The van der Waals surface area contributed by atoms with Crippen LogP contribution < -0.4 is 5.32 Å². The molecular weight excluding hydrogens is 420 g/mol. The third-order valence-electron chi connectivity index (χ3n) is 4.04. The van der Waals surface area contributed by atoms with Crippen LogP contribution in [0.2, 0.25) is 5.02 Å². The van der Waals surface area contributed by atoms with Crippen molar-refractivity contribution in [2.24, 2.45) is 0 Å². The summed E-state index contributed by atoms with van der Waals surface area (Å²) in [5.74, 6) is 0.00749. The quantitative estimate of drug-likeness (QED) is 0.659. The number of halogens is 2. The maximum atomic E-state index is 12.5. The van der Waals surface area contributed by atoms with Gasteiger partial charge in [0.2, 0.25) is 5.95 Å². The molecule has 1 aromatic carbocycles. The summed E-state index contributed by atoms with van der Waals surface area (Å²) in [6.45, 7) is 6.05. The van der Waals surface area contributed by atoms with Crippen molar-refractivity contribution in [3.05, 3.63) is 57.0 Å². The fourth-order valence-electron chi connectivity index (χ4n) is 2.57. The standard InChI is InChI=1S/C17H18BrClN6O/c1-10-15(18)11(2)25(22-10)12(3)16(26)21-17-20-9-24(23-17)8-13-6-4-5-7-14(13)19/h4-7,9,12H,8H2,1-3H3,(H,21,23,26). The lowest BCUT2D eigenvalue weighted by Gasteiger charge is -2.13. The number of amides is 1. The molecule has 1 atom stereocenters. The van der Waals surface area contributed by atoms with Crippen molar-refractivity contribution >= 4 is 39.4 Å². The van der Waals surface area contributed by atoms with Crippen molar-refractivity contribution < 1.29 is 4.79 Å². The summed E-state index contributed by atoms with van der Waals surface area (Å²) in [4.78, 5) is 16.7. The maximum Gasteiger partial charge on any atom is 0.251 e. The minimum atomic E-state index is -0.490. The summed E-state index contributed by atoms with van der Waals surface area (Å²) >= 11 is 9.63. The molecule has 1 amide bonds. The minimum absolute atomic E-state index is 0.237. The molecule has 3 rings (SSSR count). The average molecular weight is 438 g/mol. The summed E-state index contributed by atoms with van der Waals surface area (Å²) in [7, 11) is 0. The highest BCUT2D eigenvalue weighted by atomic mass is 79.9. The first-order valence-electron chi connectivity index (χ1n) is 8.01. The number of benzene rings is 1. The zero-order valence-electron chi connectivity index (χ0n) is 14.6. The number of nitrogens with one attached hydrogen (secondary N) is 1. The highest BCUT2D eigenvalue weighted by Crippen LogP contribution is 2.23. The van der Waals surface area contributed by atoms with E-state index in [0.717, 1.165) is 21.4 Å². The molecule has 0 bridgehead atoms. The van der Waals surface area contributed by atoms with Gasteiger partial charge in [-0.3, -0.25) is 14.8 Å². The number of hydrogen-bond acceptors (Lipinski definition) is 4. The topological polar surface area (TPSA) is 77.6 Å². The number of rotatable bonds is 5. The summed E-state index contributed by atoms with van der Waals surface area (Å²) in [6, 6.07) is 7.04. The van der Waals surface area contributed by atoms with E-state index < -0.39 is 6.04 Å². The van der Waals surface area contributed by atoms with Crippen LogP contribution in [0.4, 0.5) is 5.95 Å². The highest BCUT2D eigenvalue weighted by molar-refractivity contribution is 9.10. The van der Waals surface area contributed by atoms with Gasteiger partial charge in [0, 0.05) is 5.02 Å². The largest absolute Gasteiger partial charge is 0.291 e. The molecule has 0 radical (unpaired) electrons. The Morgan fingerprint density at radius 3 is 2.69 bits per heavy atom. The SMILES string of the molecule is Cc1nn(C(C)C(=O)Nc2ncn(Cc3ccccc3Cl)n2)c(C)c1Br. The molecule has 0 aliphatic carbocycles. The molecule has 0 spiro atoms. The number of nitrogens with zero attached hydrogens (tertiary/aromatic N) is 5. The summed E-state index contributed by atoms with van der Waals surface area (Å²) in [6.07, 6.45) is 1.56. The van der Waals surface area contributed by atoms with E-state index >= 15 is 0 Å². The Morgan fingerprint density at radius 1 is 1.31 bits per heavy atom. The zero-order chi connectivity index (χ0) is 18.8. The Kier molecular flexibility index (Phi) is 5.43. The van der Waals surface area contributed by atoms with E-state index in [-0.39, 0.29) is 11.9 Å². The maximum absolute atomic E-state index is 12.5. The Morgan fingerprint density at radius 2 is 2.04 bits per heavy atom. The van der Waals surface area contributed by atoms with Crippen molar-refractivity contribution in [1.29, 1.82) is 0 Å². The summed E-state index contributed by atoms with van der Waals surface area (Å²) < 4.78 is 4.20. The fourth-order valence-corrected chi connectivity index (χ4v) is 3.03. The molecule has 0 saturated carbocycles. The number of aromatic nitrogens is 5. The van der Waals surface area contributed by atoms with Gasteiger partial charge in [0.25, 0.3) is 5.91 Å². The first-order chi connectivity index (χ1) is 12.4. The number of carbonyl (C=O) groups excluding carboxylic acids is 1. The molecule has 136 valence electrons. The molecule has 26 heavy (non-hydrogen) atoms. The molecule has 0 aliphatic rings. The van der Waals surface area contributed by atoms with Gasteiger partial charge in [-0.1, -0.05) is 29.8 Å². The van der Waals surface area contributed by atoms with Gasteiger partial charge in [-0.2, -0.15) is 5.10 Å². The van der Waals surface area contributed by atoms with Crippen LogP contribution in [0.5, 0.6) is 0 Å². The van der Waals surface area contributed by atoms with Crippen molar-refractivity contribution in [2.45, 2.75) is 33.4 Å². The zero-order valence-corrected chi connectivity index (χ0v) is 16.9. The van der Waals surface area contributed by atoms with Crippen LogP contribution in [-0.4, -0.2) is 30.5 Å². The van der Waals surface area contributed by atoms with E-state index in [0.29, 0.717) is 11.6 Å². The number of hydrogen-bond donors (Lipinski definition) is 1. The second-order valence-corrected chi connectivity index (χ2v) is 7.15. The molecular formula is C17H18BrClN6O. The molecule has 0 aliphatic heterocycles. The Hall–Kier alpha value is -2.19. The van der Waals surface area contributed by atoms with E-state index in [4.69, 9.17) is 11.6 Å². The van der Waals surface area contributed by atoms with E-state index in [2.05, 4.69) is 36.4 Å². The third-order valence-corrected chi connectivity index (χ3v) is 5.56. The monoisotopic (exact) mass is 436 g/mol. The van der Waals surface area contributed by atoms with Gasteiger partial charge in [-0.05, 0) is 48.3 Å². The molecule has 0 saturated heterocycles. The van der Waals surface area contributed by atoms with Crippen LogP contribution >= 0.6 is 27.5 Å². The lowest BCUT2D eigenvalue weighted by Crippen LogP contribution is -2.25. The van der Waals surface area contributed by atoms with Gasteiger partial charge >= 0.3 is 0 Å². The van der Waals surface area contributed by atoms with Crippen molar-refractivity contribution in [1.82, 2.24) is 24.5 Å². The predicted molar refractivity (Wildman–Crippen MR) is 103 cm³/mol. The average Bonchev–Trinajstić information content (AvgIpc) is 3.16. The molecule has 7 nitrogen and oxygen atoms in total. The van der Waals surface area contributed by atoms with Crippen molar-refractivity contribution in [3.8, 4) is 0 Å². The van der Waals surface area contributed by atoms with Gasteiger partial charge < -0.3 is 0 Å². The highest BCUT2D eigenvalue weighted by Gasteiger charge is 2.21. The van der Waals surface area contributed by atoms with Crippen LogP contribution in [0.3, 0.4) is 0 Å². The first kappa shape index (κ1) is 18.6. The van der Waals surface area contributed by atoms with E-state index in [9.17, 15) is 4.79 Å². The van der Waals surface area contributed by atoms with Gasteiger partial charge in [-0.15, -0.1) is 5.10 Å². The molecule has 1 unspecified atom stereocenters. The van der Waals surface area contributed by atoms with Crippen LogP contribution in [0.15, 0.2) is 35.1 Å². The summed E-state index contributed by atoms with van der Waals surface area (Å²) in [5, 5.41) is 12.1. The molecule has 2 aromatic heterocycles. The molecule has 0 fully saturated rings. The number of carbonyl (C=O) groups is 1. The third kappa shape index (κ3) is 3.81. The lowest BCUT2D eigenvalue weighted by atomic mass is 10.2. The fraction of sp³-hybridized carbons (Fsp3) is 0.294. The van der Waals surface area contributed by atoms with Crippen molar-refractivity contribution in [3.63, 3.8) is 0 Å². The van der Waals surface area contributed by atoms with E-state index in [1.165, 1.54) is 0 Å². The second-order valence-electron chi connectivity index (χ2n) is 5.95. The molecule has 9 heteroatoms.